The molecule has 1 amide bonds. The number of amides is 1. The molecule has 27 heavy (non-hydrogen) atoms. The molecule has 3 aromatic rings. The Balaban J connectivity index is 1.49. The lowest BCUT2D eigenvalue weighted by Gasteiger charge is -2.09. The van der Waals surface area contributed by atoms with Crippen LogP contribution >= 0.6 is 0 Å². The van der Waals surface area contributed by atoms with Crippen molar-refractivity contribution in [2.75, 3.05) is 20.8 Å². The Bertz CT molecular complexity index is 896. The van der Waals surface area contributed by atoms with Crippen molar-refractivity contribution in [3.05, 3.63) is 54.0 Å². The second-order valence-electron chi connectivity index (χ2n) is 5.68. The van der Waals surface area contributed by atoms with Crippen LogP contribution < -0.4 is 14.8 Å². The van der Waals surface area contributed by atoms with E-state index in [1.807, 2.05) is 18.2 Å². The van der Waals surface area contributed by atoms with E-state index in [9.17, 15) is 4.79 Å². The highest BCUT2D eigenvalue weighted by molar-refractivity contribution is 5.78. The van der Waals surface area contributed by atoms with Gasteiger partial charge in [0.1, 0.15) is 5.69 Å². The van der Waals surface area contributed by atoms with Gasteiger partial charge in [0.2, 0.25) is 11.8 Å². The van der Waals surface area contributed by atoms with Crippen molar-refractivity contribution in [1.82, 2.24) is 20.5 Å². The zero-order valence-corrected chi connectivity index (χ0v) is 15.1. The van der Waals surface area contributed by atoms with E-state index in [1.54, 1.807) is 38.6 Å². The van der Waals surface area contributed by atoms with Crippen molar-refractivity contribution in [1.29, 1.82) is 0 Å². The highest BCUT2D eigenvalue weighted by Crippen LogP contribution is 2.27. The number of carbonyl (C=O) groups is 1. The van der Waals surface area contributed by atoms with E-state index in [1.165, 1.54) is 0 Å². The molecule has 140 valence electrons. The van der Waals surface area contributed by atoms with E-state index < -0.39 is 0 Å². The third-order valence-corrected chi connectivity index (χ3v) is 3.82. The maximum Gasteiger partial charge on any atom is 0.266 e. The summed E-state index contributed by atoms with van der Waals surface area (Å²) in [5.41, 5.74) is 1.45. The second-order valence-corrected chi connectivity index (χ2v) is 5.68. The van der Waals surface area contributed by atoms with Crippen molar-refractivity contribution in [3.8, 4) is 23.1 Å². The monoisotopic (exact) mass is 368 g/mol. The molecule has 8 nitrogen and oxygen atoms in total. The van der Waals surface area contributed by atoms with Crippen molar-refractivity contribution in [2.24, 2.45) is 0 Å². The van der Waals surface area contributed by atoms with Crippen LogP contribution in [-0.2, 0) is 17.6 Å². The molecule has 0 aliphatic rings. The first-order valence-corrected chi connectivity index (χ1v) is 8.41. The molecular formula is C19H20N4O4. The number of rotatable bonds is 8. The number of carbonyl (C=O) groups excluding carboxylic acids is 1. The summed E-state index contributed by atoms with van der Waals surface area (Å²) >= 11 is 0. The summed E-state index contributed by atoms with van der Waals surface area (Å²) < 4.78 is 16.0. The van der Waals surface area contributed by atoms with E-state index in [0.29, 0.717) is 41.9 Å². The summed E-state index contributed by atoms with van der Waals surface area (Å²) in [6.07, 6.45) is 2.34. The number of pyridine rings is 1. The van der Waals surface area contributed by atoms with Crippen LogP contribution in [0, 0.1) is 0 Å². The number of hydrogen-bond donors (Lipinski definition) is 1. The van der Waals surface area contributed by atoms with Gasteiger partial charge in [-0.15, -0.1) is 10.2 Å². The van der Waals surface area contributed by atoms with Crippen LogP contribution in [-0.4, -0.2) is 41.9 Å². The molecule has 0 aliphatic heterocycles. The van der Waals surface area contributed by atoms with Crippen LogP contribution in [0.5, 0.6) is 11.5 Å². The summed E-state index contributed by atoms with van der Waals surface area (Å²) in [6.45, 7) is 0.399. The molecule has 0 aliphatic carbocycles. The second kappa shape index (κ2) is 8.79. The Morgan fingerprint density at radius 2 is 1.96 bits per heavy atom. The summed E-state index contributed by atoms with van der Waals surface area (Å²) in [6, 6.07) is 10.9. The van der Waals surface area contributed by atoms with E-state index in [0.717, 1.165) is 5.56 Å². The third-order valence-electron chi connectivity index (χ3n) is 3.82. The highest BCUT2D eigenvalue weighted by Gasteiger charge is 2.11. The van der Waals surface area contributed by atoms with Crippen LogP contribution in [0.1, 0.15) is 11.5 Å². The number of nitrogens with zero attached hydrogens (tertiary/aromatic N) is 3. The first-order chi connectivity index (χ1) is 13.2. The van der Waals surface area contributed by atoms with Crippen LogP contribution in [0.15, 0.2) is 47.0 Å². The van der Waals surface area contributed by atoms with Gasteiger partial charge in [-0.1, -0.05) is 12.1 Å². The molecule has 1 N–H and O–H groups in total. The van der Waals surface area contributed by atoms with Gasteiger partial charge in [0.05, 0.1) is 20.6 Å². The average molecular weight is 368 g/mol. The predicted molar refractivity (Wildman–Crippen MR) is 97.5 cm³/mol. The molecule has 0 fully saturated rings. The molecule has 2 aromatic heterocycles. The number of nitrogens with one attached hydrogen (secondary N) is 1. The maximum absolute atomic E-state index is 12.1. The van der Waals surface area contributed by atoms with Gasteiger partial charge in [-0.05, 0) is 29.8 Å². The van der Waals surface area contributed by atoms with Gasteiger partial charge in [-0.25, -0.2) is 0 Å². The van der Waals surface area contributed by atoms with Gasteiger partial charge < -0.3 is 19.2 Å². The van der Waals surface area contributed by atoms with Gasteiger partial charge in [0, 0.05) is 19.2 Å². The smallest absolute Gasteiger partial charge is 0.266 e. The molecule has 0 atom stereocenters. The number of hydrogen-bond acceptors (Lipinski definition) is 7. The van der Waals surface area contributed by atoms with Crippen LogP contribution in [0.4, 0.5) is 0 Å². The Hall–Kier alpha value is -3.42. The van der Waals surface area contributed by atoms with Gasteiger partial charge in [0.15, 0.2) is 11.5 Å². The van der Waals surface area contributed by atoms with Gasteiger partial charge >= 0.3 is 0 Å². The first-order valence-electron chi connectivity index (χ1n) is 8.41. The SMILES string of the molecule is COc1ccc(CC(=O)NCCc2nnc(-c3ccccn3)o2)cc1OC. The number of methoxy groups -OCH3 is 2. The van der Waals surface area contributed by atoms with E-state index in [2.05, 4.69) is 20.5 Å². The summed E-state index contributed by atoms with van der Waals surface area (Å²) in [4.78, 5) is 16.3. The Kier molecular flexibility index (Phi) is 5.98. The molecule has 0 unspecified atom stereocenters. The molecule has 0 saturated heterocycles. The molecule has 2 heterocycles. The quantitative estimate of drug-likeness (QED) is 0.649. The van der Waals surface area contributed by atoms with Crippen molar-refractivity contribution in [2.45, 2.75) is 12.8 Å². The summed E-state index contributed by atoms with van der Waals surface area (Å²) in [5.74, 6) is 1.92. The zero-order valence-electron chi connectivity index (χ0n) is 15.1. The minimum Gasteiger partial charge on any atom is -0.493 e. The number of aromatic nitrogens is 3. The van der Waals surface area contributed by atoms with Gasteiger partial charge in [-0.3, -0.25) is 9.78 Å². The molecule has 0 spiro atoms. The normalized spacial score (nSPS) is 10.4. The minimum atomic E-state index is -0.105. The summed E-state index contributed by atoms with van der Waals surface area (Å²) in [5, 5.41) is 10.8. The molecular weight excluding hydrogens is 348 g/mol. The molecule has 0 saturated carbocycles. The van der Waals surface area contributed by atoms with Crippen LogP contribution in [0.3, 0.4) is 0 Å². The fourth-order valence-corrected chi connectivity index (χ4v) is 2.49. The molecule has 8 heteroatoms. The Labute approximate surface area is 156 Å². The van der Waals surface area contributed by atoms with Crippen molar-refractivity contribution < 1.29 is 18.7 Å². The molecule has 3 rings (SSSR count). The molecule has 0 radical (unpaired) electrons. The van der Waals surface area contributed by atoms with E-state index in [-0.39, 0.29) is 12.3 Å². The number of ether oxygens (including phenoxy) is 2. The Morgan fingerprint density at radius 1 is 1.11 bits per heavy atom. The maximum atomic E-state index is 12.1. The molecule has 1 aromatic carbocycles. The lowest BCUT2D eigenvalue weighted by molar-refractivity contribution is -0.120. The minimum absolute atomic E-state index is 0.105. The van der Waals surface area contributed by atoms with Crippen LogP contribution in [0.2, 0.25) is 0 Å². The topological polar surface area (TPSA) is 99.4 Å². The third kappa shape index (κ3) is 4.81. The number of benzene rings is 1. The first kappa shape index (κ1) is 18.4. The lowest BCUT2D eigenvalue weighted by atomic mass is 10.1. The average Bonchev–Trinajstić information content (AvgIpc) is 3.17. The van der Waals surface area contributed by atoms with Crippen molar-refractivity contribution >= 4 is 5.91 Å². The Morgan fingerprint density at radius 3 is 2.70 bits per heavy atom. The van der Waals surface area contributed by atoms with Crippen molar-refractivity contribution in [3.63, 3.8) is 0 Å². The largest absolute Gasteiger partial charge is 0.493 e. The van der Waals surface area contributed by atoms with Gasteiger partial charge in [0.25, 0.3) is 5.89 Å². The van der Waals surface area contributed by atoms with E-state index in [4.69, 9.17) is 13.9 Å². The standard InChI is InChI=1S/C19H20N4O4/c1-25-15-7-6-13(11-16(15)26-2)12-17(24)21-10-8-18-22-23-19(27-18)14-5-3-4-9-20-14/h3-7,9,11H,8,10,12H2,1-2H3,(H,21,24). The van der Waals surface area contributed by atoms with Crippen LogP contribution in [0.25, 0.3) is 11.6 Å². The fourth-order valence-electron chi connectivity index (χ4n) is 2.49. The molecule has 0 bridgehead atoms. The van der Waals surface area contributed by atoms with Gasteiger partial charge in [-0.2, -0.15) is 0 Å². The zero-order chi connectivity index (χ0) is 19.1. The fraction of sp³-hybridized carbons (Fsp3) is 0.263. The lowest BCUT2D eigenvalue weighted by Crippen LogP contribution is -2.27. The highest BCUT2D eigenvalue weighted by atomic mass is 16.5. The van der Waals surface area contributed by atoms with E-state index >= 15 is 0 Å². The summed E-state index contributed by atoms with van der Waals surface area (Å²) in [7, 11) is 3.13. The predicted octanol–water partition coefficient (Wildman–Crippen LogP) is 2.05.